The van der Waals surface area contributed by atoms with Gasteiger partial charge in [-0.25, -0.2) is 9.59 Å². The lowest BCUT2D eigenvalue weighted by molar-refractivity contribution is 0.0678. The van der Waals surface area contributed by atoms with Crippen LogP contribution in [0.3, 0.4) is 0 Å². The number of hydrogen-bond acceptors (Lipinski definition) is 3. The summed E-state index contributed by atoms with van der Waals surface area (Å²) in [5, 5.41) is 21.2. The number of rotatable bonds is 8. The van der Waals surface area contributed by atoms with Crippen LogP contribution in [0.1, 0.15) is 44.4 Å². The highest BCUT2D eigenvalue weighted by molar-refractivity contribution is 6.07. The molecule has 6 heteroatoms. The maximum Gasteiger partial charge on any atom is 0.336 e. The van der Waals surface area contributed by atoms with Gasteiger partial charge in [-0.3, -0.25) is 4.79 Å². The second kappa shape index (κ2) is 10.0. The fraction of sp³-hybridized carbons (Fsp3) is 0.0800. The first-order valence-corrected chi connectivity index (χ1v) is 9.37. The van der Waals surface area contributed by atoms with E-state index in [9.17, 15) is 24.6 Å². The van der Waals surface area contributed by atoms with E-state index >= 15 is 0 Å². The Hall–Kier alpha value is -4.19. The van der Waals surface area contributed by atoms with Crippen molar-refractivity contribution in [2.24, 2.45) is 0 Å². The fourth-order valence-corrected chi connectivity index (χ4v) is 3.27. The molecule has 6 nitrogen and oxygen atoms in total. The summed E-state index contributed by atoms with van der Waals surface area (Å²) in [7, 11) is 0. The molecular formula is C25H23NO5. The molecule has 0 spiro atoms. The van der Waals surface area contributed by atoms with Gasteiger partial charge in [0.1, 0.15) is 0 Å². The van der Waals surface area contributed by atoms with Gasteiger partial charge in [-0.2, -0.15) is 0 Å². The summed E-state index contributed by atoms with van der Waals surface area (Å²) in [5.41, 5.74) is 3.44. The first-order chi connectivity index (χ1) is 14.8. The maximum absolute atomic E-state index is 12.8. The number of amides is 1. The van der Waals surface area contributed by atoms with E-state index in [0.29, 0.717) is 12.1 Å². The number of aromatic carboxylic acids is 2. The lowest BCUT2D eigenvalue weighted by Gasteiger charge is -2.10. The maximum atomic E-state index is 12.8. The van der Waals surface area contributed by atoms with Crippen molar-refractivity contribution in [2.45, 2.75) is 13.3 Å². The number of carboxylic acids is 2. The lowest BCUT2D eigenvalue weighted by atomic mass is 10.0. The first-order valence-electron chi connectivity index (χ1n) is 9.37. The van der Waals surface area contributed by atoms with Crippen molar-refractivity contribution in [3.63, 3.8) is 0 Å². The minimum Gasteiger partial charge on any atom is -0.478 e. The number of nitrogens with one attached hydrogen (secondary N) is 1. The van der Waals surface area contributed by atoms with Crippen LogP contribution >= 0.6 is 0 Å². The van der Waals surface area contributed by atoms with Crippen LogP contribution in [0.2, 0.25) is 0 Å². The van der Waals surface area contributed by atoms with Crippen molar-refractivity contribution in [2.75, 3.05) is 0 Å². The van der Waals surface area contributed by atoms with Crippen molar-refractivity contribution in [1.29, 1.82) is 0 Å². The number of benzene rings is 1. The van der Waals surface area contributed by atoms with E-state index in [0.717, 1.165) is 40.5 Å². The minimum atomic E-state index is -1.34. The predicted molar refractivity (Wildman–Crippen MR) is 120 cm³/mol. The Kier molecular flexibility index (Phi) is 7.47. The normalized spacial score (nSPS) is 16.4. The van der Waals surface area contributed by atoms with Gasteiger partial charge in [0.05, 0.1) is 16.7 Å². The fourth-order valence-electron chi connectivity index (χ4n) is 3.27. The van der Waals surface area contributed by atoms with E-state index in [1.807, 2.05) is 19.1 Å². The van der Waals surface area contributed by atoms with Crippen molar-refractivity contribution in [3.8, 4) is 0 Å². The van der Waals surface area contributed by atoms with Gasteiger partial charge in [-0.05, 0) is 66.0 Å². The average Bonchev–Trinajstić information content (AvgIpc) is 3.08. The molecule has 0 saturated carbocycles. The minimum absolute atomic E-state index is 0.191. The van der Waals surface area contributed by atoms with Gasteiger partial charge in [-0.1, -0.05) is 44.0 Å². The topological polar surface area (TPSA) is 104 Å². The average molecular weight is 417 g/mol. The molecule has 0 unspecified atom stereocenters. The molecule has 0 heterocycles. The van der Waals surface area contributed by atoms with Crippen molar-refractivity contribution >= 4 is 17.8 Å². The Morgan fingerprint density at radius 3 is 2.29 bits per heavy atom. The Morgan fingerprint density at radius 1 is 1.06 bits per heavy atom. The molecule has 1 aliphatic rings. The van der Waals surface area contributed by atoms with Crippen molar-refractivity contribution in [3.05, 3.63) is 119 Å². The number of allylic oxidation sites excluding steroid dienone is 10. The van der Waals surface area contributed by atoms with Crippen LogP contribution in [0.4, 0.5) is 0 Å². The highest BCUT2D eigenvalue weighted by atomic mass is 16.4. The van der Waals surface area contributed by atoms with Crippen LogP contribution < -0.4 is 5.32 Å². The predicted octanol–water partition coefficient (Wildman–Crippen LogP) is 4.83. The smallest absolute Gasteiger partial charge is 0.336 e. The molecule has 0 radical (unpaired) electrons. The summed E-state index contributed by atoms with van der Waals surface area (Å²) in [4.78, 5) is 35.5. The number of carbonyl (C=O) groups is 3. The van der Waals surface area contributed by atoms with Crippen molar-refractivity contribution < 1.29 is 24.6 Å². The summed E-state index contributed by atoms with van der Waals surface area (Å²) in [6, 6.07) is 3.27. The second-order valence-electron chi connectivity index (χ2n) is 6.58. The zero-order valence-electron chi connectivity index (χ0n) is 17.1. The summed E-state index contributed by atoms with van der Waals surface area (Å²) < 4.78 is 0. The van der Waals surface area contributed by atoms with Crippen LogP contribution in [-0.4, -0.2) is 28.1 Å². The molecule has 1 amide bonds. The Balaban J connectivity index is 2.48. The summed E-state index contributed by atoms with van der Waals surface area (Å²) >= 11 is 0. The molecule has 0 atom stereocenters. The third-order valence-corrected chi connectivity index (χ3v) is 4.75. The molecule has 1 aliphatic carbocycles. The van der Waals surface area contributed by atoms with Crippen LogP contribution in [0.5, 0.6) is 0 Å². The van der Waals surface area contributed by atoms with Gasteiger partial charge in [0.15, 0.2) is 0 Å². The zero-order valence-corrected chi connectivity index (χ0v) is 17.1. The van der Waals surface area contributed by atoms with Gasteiger partial charge in [0.25, 0.3) is 5.91 Å². The molecular weight excluding hydrogens is 394 g/mol. The Labute approximate surface area is 180 Å². The lowest BCUT2D eigenvalue weighted by Crippen LogP contribution is -2.24. The molecule has 158 valence electrons. The second-order valence-corrected chi connectivity index (χ2v) is 6.58. The highest BCUT2D eigenvalue weighted by Gasteiger charge is 2.22. The molecule has 0 fully saturated rings. The zero-order chi connectivity index (χ0) is 23.1. The number of hydrogen-bond donors (Lipinski definition) is 3. The van der Waals surface area contributed by atoms with E-state index < -0.39 is 17.8 Å². The summed E-state index contributed by atoms with van der Waals surface area (Å²) in [5.74, 6) is -3.35. The monoisotopic (exact) mass is 417 g/mol. The molecule has 3 N–H and O–H groups in total. The SMILES string of the molecule is C=C/C=C1C(C=C)=C(/C=C(\C=C)NC(=O)c2cc(C(=O)O)ccc2C(=O)O)CC/1=C/C. The van der Waals surface area contributed by atoms with E-state index in [1.165, 1.54) is 6.08 Å². The molecule has 2 rings (SSSR count). The molecule has 0 saturated heterocycles. The van der Waals surface area contributed by atoms with Crippen LogP contribution in [-0.2, 0) is 0 Å². The van der Waals surface area contributed by atoms with Gasteiger partial charge < -0.3 is 15.5 Å². The largest absolute Gasteiger partial charge is 0.478 e. The number of carbonyl (C=O) groups excluding carboxylic acids is 1. The van der Waals surface area contributed by atoms with E-state index in [4.69, 9.17) is 0 Å². The van der Waals surface area contributed by atoms with Gasteiger partial charge in [-0.15, -0.1) is 0 Å². The Morgan fingerprint density at radius 2 is 1.77 bits per heavy atom. The quantitative estimate of drug-likeness (QED) is 0.526. The van der Waals surface area contributed by atoms with Crippen LogP contribution in [0.25, 0.3) is 0 Å². The van der Waals surface area contributed by atoms with Gasteiger partial charge in [0, 0.05) is 5.70 Å². The van der Waals surface area contributed by atoms with E-state index in [1.54, 1.807) is 18.2 Å². The van der Waals surface area contributed by atoms with E-state index in [2.05, 4.69) is 25.1 Å². The van der Waals surface area contributed by atoms with Crippen LogP contribution in [0, 0.1) is 0 Å². The third-order valence-electron chi connectivity index (χ3n) is 4.75. The standard InChI is InChI=1S/C25H23NO5/c1-5-9-20-15(6-2)12-17(19(20)8-4)13-18(7-3)26-23(27)22-14-16(24(28)29)10-11-21(22)25(30)31/h5-11,13-14H,1,3-4,12H2,2H3,(H,26,27)(H,28,29)(H,30,31)/b15-6-,18-13+,20-9+. The molecule has 0 aromatic heterocycles. The summed E-state index contributed by atoms with van der Waals surface area (Å²) in [6.07, 6.45) is 11.1. The third kappa shape index (κ3) is 5.05. The molecule has 31 heavy (non-hydrogen) atoms. The number of carboxylic acid groups (broad SMARTS) is 2. The van der Waals surface area contributed by atoms with Crippen molar-refractivity contribution in [1.82, 2.24) is 5.32 Å². The summed E-state index contributed by atoms with van der Waals surface area (Å²) in [6.45, 7) is 13.2. The van der Waals surface area contributed by atoms with Gasteiger partial charge >= 0.3 is 11.9 Å². The van der Waals surface area contributed by atoms with E-state index in [-0.39, 0.29) is 16.7 Å². The highest BCUT2D eigenvalue weighted by Crippen LogP contribution is 2.38. The Bertz CT molecular complexity index is 1110. The molecule has 1 aromatic carbocycles. The molecule has 1 aromatic rings. The first kappa shape index (κ1) is 23.1. The molecule has 0 aliphatic heterocycles. The van der Waals surface area contributed by atoms with Crippen LogP contribution in [0.15, 0.2) is 102 Å². The van der Waals surface area contributed by atoms with Gasteiger partial charge in [0.2, 0.25) is 0 Å². The molecule has 0 bridgehead atoms.